The summed E-state index contributed by atoms with van der Waals surface area (Å²) in [7, 11) is 0. The van der Waals surface area contributed by atoms with E-state index in [0.29, 0.717) is 17.0 Å². The fourth-order valence-electron chi connectivity index (χ4n) is 4.09. The number of nitrogens with zero attached hydrogens (tertiary/aromatic N) is 4. The lowest BCUT2D eigenvalue weighted by Gasteiger charge is -2.50. The summed E-state index contributed by atoms with van der Waals surface area (Å²) in [4.78, 5) is 11.5. The van der Waals surface area contributed by atoms with Gasteiger partial charge in [0.15, 0.2) is 5.65 Å². The Kier molecular flexibility index (Phi) is 2.07. The number of rotatable bonds is 0. The molecule has 0 saturated carbocycles. The molecule has 1 atom stereocenters. The molecule has 2 bridgehead atoms. The minimum Gasteiger partial charge on any atom is -0.454 e. The van der Waals surface area contributed by atoms with E-state index in [-0.39, 0.29) is 5.60 Å². The van der Waals surface area contributed by atoms with E-state index in [1.807, 2.05) is 6.07 Å². The average molecular weight is 291 g/mol. The zero-order valence-corrected chi connectivity index (χ0v) is 11.8. The van der Waals surface area contributed by atoms with Crippen molar-refractivity contribution in [3.8, 4) is 6.01 Å². The zero-order chi connectivity index (χ0) is 13.3. The Morgan fingerprint density at radius 3 is 2.90 bits per heavy atom. The van der Waals surface area contributed by atoms with Crippen molar-refractivity contribution in [1.29, 1.82) is 0 Å². The predicted molar refractivity (Wildman–Crippen MR) is 75.1 cm³/mol. The van der Waals surface area contributed by atoms with Crippen LogP contribution < -0.4 is 4.74 Å². The van der Waals surface area contributed by atoms with E-state index in [4.69, 9.17) is 16.3 Å². The molecule has 0 aromatic carbocycles. The molecule has 0 aliphatic carbocycles. The van der Waals surface area contributed by atoms with Crippen molar-refractivity contribution < 1.29 is 4.74 Å². The Balaban J connectivity index is 1.59. The van der Waals surface area contributed by atoms with Gasteiger partial charge in [0.2, 0.25) is 0 Å². The summed E-state index contributed by atoms with van der Waals surface area (Å²) in [5, 5.41) is 0.617. The number of pyridine rings is 1. The molecule has 1 unspecified atom stereocenters. The third-order valence-corrected chi connectivity index (χ3v) is 5.27. The first-order valence-electron chi connectivity index (χ1n) is 7.17. The van der Waals surface area contributed by atoms with Gasteiger partial charge in [-0.3, -0.25) is 9.47 Å². The van der Waals surface area contributed by atoms with E-state index in [2.05, 4.69) is 19.4 Å². The molecule has 5 nitrogen and oxygen atoms in total. The number of ether oxygens (including phenoxy) is 1. The number of aromatic nitrogens is 3. The van der Waals surface area contributed by atoms with Gasteiger partial charge in [0.25, 0.3) is 6.01 Å². The first-order chi connectivity index (χ1) is 9.73. The second kappa shape index (κ2) is 3.65. The molecule has 6 heteroatoms. The van der Waals surface area contributed by atoms with Crippen molar-refractivity contribution in [3.63, 3.8) is 0 Å². The summed E-state index contributed by atoms with van der Waals surface area (Å²) in [6.45, 7) is 4.32. The van der Waals surface area contributed by atoms with Crippen molar-refractivity contribution >= 4 is 22.8 Å². The second-order valence-corrected chi connectivity index (χ2v) is 6.63. The van der Waals surface area contributed by atoms with Gasteiger partial charge in [-0.1, -0.05) is 11.6 Å². The van der Waals surface area contributed by atoms with Crippen LogP contribution in [0.1, 0.15) is 12.8 Å². The minimum absolute atomic E-state index is 0.0751. The van der Waals surface area contributed by atoms with Crippen molar-refractivity contribution in [2.24, 2.45) is 5.92 Å². The molecule has 104 valence electrons. The molecule has 3 fully saturated rings. The standard InChI is InChI=1S/C14H15ClN4O/c15-10-5-11-12(16-6-10)19-8-14(20-13(19)17-11)7-18-3-1-9(14)2-4-18/h5-6,9H,1-4,7-8H2. The van der Waals surface area contributed by atoms with Crippen LogP contribution >= 0.6 is 11.6 Å². The Morgan fingerprint density at radius 1 is 1.30 bits per heavy atom. The van der Waals surface area contributed by atoms with Crippen LogP contribution in [-0.4, -0.2) is 44.7 Å². The van der Waals surface area contributed by atoms with Gasteiger partial charge in [0.05, 0.1) is 11.6 Å². The van der Waals surface area contributed by atoms with Crippen molar-refractivity contribution in [2.45, 2.75) is 25.0 Å². The lowest BCUT2D eigenvalue weighted by Crippen LogP contribution is -2.61. The zero-order valence-electron chi connectivity index (χ0n) is 11.0. The van der Waals surface area contributed by atoms with Crippen LogP contribution in [0.3, 0.4) is 0 Å². The summed E-state index contributed by atoms with van der Waals surface area (Å²) < 4.78 is 8.44. The highest BCUT2D eigenvalue weighted by Gasteiger charge is 2.53. The minimum atomic E-state index is -0.0751. The normalized spacial score (nSPS) is 34.6. The molecule has 4 aliphatic rings. The van der Waals surface area contributed by atoms with Crippen LogP contribution in [0, 0.1) is 5.92 Å². The van der Waals surface area contributed by atoms with E-state index in [0.717, 1.165) is 24.3 Å². The quantitative estimate of drug-likeness (QED) is 0.744. The highest BCUT2D eigenvalue weighted by molar-refractivity contribution is 6.31. The van der Waals surface area contributed by atoms with Crippen molar-refractivity contribution in [3.05, 3.63) is 17.3 Å². The molecule has 2 aromatic heterocycles. The first-order valence-corrected chi connectivity index (χ1v) is 7.54. The molecule has 0 radical (unpaired) electrons. The lowest BCUT2D eigenvalue weighted by atomic mass is 9.75. The summed E-state index contributed by atoms with van der Waals surface area (Å²) in [5.41, 5.74) is 1.63. The SMILES string of the molecule is Clc1cnc2c(c1)nc1n2CC2(CN3CCC2CC3)O1. The molecular formula is C14H15ClN4O. The third kappa shape index (κ3) is 1.37. The van der Waals surface area contributed by atoms with E-state index in [9.17, 15) is 0 Å². The molecule has 20 heavy (non-hydrogen) atoms. The number of halogens is 1. The maximum absolute atomic E-state index is 6.32. The number of hydrogen-bond acceptors (Lipinski definition) is 4. The maximum atomic E-state index is 6.32. The van der Waals surface area contributed by atoms with Gasteiger partial charge in [0.1, 0.15) is 11.1 Å². The Bertz CT molecular complexity index is 707. The van der Waals surface area contributed by atoms with Crippen LogP contribution in [0.4, 0.5) is 0 Å². The van der Waals surface area contributed by atoms with Crippen LogP contribution in [0.15, 0.2) is 12.3 Å². The highest BCUT2D eigenvalue weighted by Crippen LogP contribution is 2.44. The molecule has 1 spiro atoms. The summed E-state index contributed by atoms with van der Waals surface area (Å²) in [6, 6.07) is 2.56. The molecule has 0 amide bonds. The first kappa shape index (κ1) is 11.3. The van der Waals surface area contributed by atoms with Gasteiger partial charge in [-0.15, -0.1) is 0 Å². The smallest absolute Gasteiger partial charge is 0.299 e. The highest BCUT2D eigenvalue weighted by atomic mass is 35.5. The summed E-state index contributed by atoms with van der Waals surface area (Å²) in [5.74, 6) is 0.650. The molecule has 6 rings (SSSR count). The van der Waals surface area contributed by atoms with Crippen molar-refractivity contribution in [1.82, 2.24) is 19.4 Å². The maximum Gasteiger partial charge on any atom is 0.299 e. The monoisotopic (exact) mass is 290 g/mol. The van der Waals surface area contributed by atoms with Gasteiger partial charge < -0.3 is 4.74 Å². The molecule has 0 N–H and O–H groups in total. The fourth-order valence-corrected chi connectivity index (χ4v) is 4.24. The van der Waals surface area contributed by atoms with Crippen LogP contribution in [0.2, 0.25) is 5.02 Å². The Morgan fingerprint density at radius 2 is 2.15 bits per heavy atom. The van der Waals surface area contributed by atoms with Gasteiger partial charge in [-0.25, -0.2) is 4.98 Å². The molecular weight excluding hydrogens is 276 g/mol. The topological polar surface area (TPSA) is 43.2 Å². The number of imidazole rings is 1. The van der Waals surface area contributed by atoms with Gasteiger partial charge in [-0.2, -0.15) is 4.98 Å². The number of hydrogen-bond donors (Lipinski definition) is 0. The van der Waals surface area contributed by atoms with E-state index >= 15 is 0 Å². The third-order valence-electron chi connectivity index (χ3n) is 5.06. The summed E-state index contributed by atoms with van der Waals surface area (Å²) in [6.07, 6.45) is 4.16. The summed E-state index contributed by atoms with van der Waals surface area (Å²) >= 11 is 5.98. The molecule has 2 aromatic rings. The van der Waals surface area contributed by atoms with Crippen LogP contribution in [-0.2, 0) is 6.54 Å². The van der Waals surface area contributed by atoms with E-state index < -0.39 is 0 Å². The lowest BCUT2D eigenvalue weighted by molar-refractivity contribution is -0.0832. The molecule has 6 heterocycles. The van der Waals surface area contributed by atoms with E-state index in [1.165, 1.54) is 25.9 Å². The van der Waals surface area contributed by atoms with Crippen molar-refractivity contribution in [2.75, 3.05) is 19.6 Å². The largest absolute Gasteiger partial charge is 0.454 e. The molecule has 4 aliphatic heterocycles. The van der Waals surface area contributed by atoms with Crippen LogP contribution in [0.25, 0.3) is 11.2 Å². The predicted octanol–water partition coefficient (Wildman–Crippen LogP) is 1.94. The fraction of sp³-hybridized carbons (Fsp3) is 0.571. The second-order valence-electron chi connectivity index (χ2n) is 6.19. The van der Waals surface area contributed by atoms with Gasteiger partial charge in [0, 0.05) is 18.7 Å². The average Bonchev–Trinajstić information content (AvgIpc) is 2.93. The number of piperidine rings is 3. The van der Waals surface area contributed by atoms with Gasteiger partial charge >= 0.3 is 0 Å². The number of fused-ring (bicyclic) bond motifs is 5. The van der Waals surface area contributed by atoms with E-state index in [1.54, 1.807) is 6.20 Å². The molecule has 3 saturated heterocycles. The van der Waals surface area contributed by atoms with Gasteiger partial charge in [-0.05, 0) is 32.0 Å². The Hall–Kier alpha value is -1.33. The Labute approximate surface area is 121 Å². The van der Waals surface area contributed by atoms with Crippen LogP contribution in [0.5, 0.6) is 6.01 Å².